The van der Waals surface area contributed by atoms with Crippen molar-refractivity contribution in [3.05, 3.63) is 47.5 Å². The van der Waals surface area contributed by atoms with E-state index in [9.17, 15) is 15.0 Å². The van der Waals surface area contributed by atoms with Gasteiger partial charge < -0.3 is 20.1 Å². The topological polar surface area (TPSA) is 87.0 Å². The lowest BCUT2D eigenvalue weighted by Gasteiger charge is -2.23. The number of esters is 1. The van der Waals surface area contributed by atoms with E-state index in [2.05, 4.69) is 12.2 Å². The summed E-state index contributed by atoms with van der Waals surface area (Å²) in [7, 11) is 0. The number of halogens is 1. The number of alkyl halides is 1. The van der Waals surface area contributed by atoms with Gasteiger partial charge in [-0.15, -0.1) is 11.6 Å². The Morgan fingerprint density at radius 3 is 2.70 bits per heavy atom. The molecule has 6 heteroatoms. The van der Waals surface area contributed by atoms with Gasteiger partial charge in [-0.05, 0) is 49.1 Å². The van der Waals surface area contributed by atoms with Crippen LogP contribution in [-0.2, 0) is 9.53 Å². The summed E-state index contributed by atoms with van der Waals surface area (Å²) in [6.07, 6.45) is 8.03. The maximum absolute atomic E-state index is 11.4. The molecule has 1 unspecified atom stereocenters. The van der Waals surface area contributed by atoms with Crippen LogP contribution >= 0.6 is 11.6 Å². The van der Waals surface area contributed by atoms with Crippen molar-refractivity contribution in [1.29, 1.82) is 0 Å². The molecule has 2 rings (SSSR count). The Labute approximate surface area is 184 Å². The minimum absolute atomic E-state index is 0.0250. The van der Waals surface area contributed by atoms with Gasteiger partial charge in [0.15, 0.2) is 0 Å². The lowest BCUT2D eigenvalue weighted by molar-refractivity contribution is -0.144. The van der Waals surface area contributed by atoms with Gasteiger partial charge in [-0.25, -0.2) is 0 Å². The number of aliphatic hydroxyl groups is 3. The first-order valence-electron chi connectivity index (χ1n) is 11.0. The molecule has 0 radical (unpaired) electrons. The van der Waals surface area contributed by atoms with Gasteiger partial charge in [0.1, 0.15) is 6.61 Å². The summed E-state index contributed by atoms with van der Waals surface area (Å²) >= 11 is 6.56. The summed E-state index contributed by atoms with van der Waals surface area (Å²) in [5.74, 6) is -0.174. The maximum Gasteiger partial charge on any atom is 0.305 e. The second kappa shape index (κ2) is 13.1. The molecule has 1 aliphatic rings. The SMILES string of the molecule is CCCC(O)c1ccc([C@@H]2[C@@H](C/C=C\CCCC(=O)OCCO)[C@H](Cl)C[C@H]2O)cc1. The summed E-state index contributed by atoms with van der Waals surface area (Å²) in [5.41, 5.74) is 1.97. The molecule has 1 aromatic carbocycles. The van der Waals surface area contributed by atoms with E-state index in [1.54, 1.807) is 0 Å². The summed E-state index contributed by atoms with van der Waals surface area (Å²) in [4.78, 5) is 11.4. The number of carbonyl (C=O) groups is 1. The highest BCUT2D eigenvalue weighted by molar-refractivity contribution is 6.21. The quantitative estimate of drug-likeness (QED) is 0.196. The summed E-state index contributed by atoms with van der Waals surface area (Å²) in [6.45, 7) is 1.95. The number of carbonyl (C=O) groups excluding carboxylic acids is 1. The molecule has 5 atom stereocenters. The smallest absolute Gasteiger partial charge is 0.305 e. The molecule has 30 heavy (non-hydrogen) atoms. The van der Waals surface area contributed by atoms with E-state index in [1.807, 2.05) is 31.2 Å². The van der Waals surface area contributed by atoms with E-state index in [4.69, 9.17) is 21.4 Å². The Bertz CT molecular complexity index is 660. The van der Waals surface area contributed by atoms with E-state index < -0.39 is 12.2 Å². The normalized spacial score (nSPS) is 25.0. The van der Waals surface area contributed by atoms with Crippen molar-refractivity contribution >= 4 is 17.6 Å². The lowest BCUT2D eigenvalue weighted by Crippen LogP contribution is -2.18. The molecular formula is C24H35ClO5. The average molecular weight is 439 g/mol. The molecule has 0 aromatic heterocycles. The second-order valence-corrected chi connectivity index (χ2v) is 8.58. The zero-order valence-corrected chi connectivity index (χ0v) is 18.5. The number of benzene rings is 1. The van der Waals surface area contributed by atoms with Crippen molar-refractivity contribution in [1.82, 2.24) is 0 Å². The van der Waals surface area contributed by atoms with Gasteiger partial charge in [0.2, 0.25) is 0 Å². The van der Waals surface area contributed by atoms with Gasteiger partial charge in [-0.1, -0.05) is 49.8 Å². The fourth-order valence-corrected chi connectivity index (χ4v) is 4.62. The Balaban J connectivity index is 1.89. The molecular weight excluding hydrogens is 404 g/mol. The van der Waals surface area contributed by atoms with Crippen LogP contribution in [-0.4, -0.2) is 46.0 Å². The standard InChI is InChI=1S/C24H35ClO5/c1-2-7-21(27)17-10-12-18(13-11-17)24-19(20(25)16-22(24)28)8-5-3-4-6-9-23(29)30-15-14-26/h3,5,10-13,19-22,24,26-28H,2,4,6-9,14-16H2,1H3/b5-3-/t19-,20+,21?,22+,24+/m0/s1. The minimum Gasteiger partial charge on any atom is -0.463 e. The van der Waals surface area contributed by atoms with Crippen molar-refractivity contribution in [3.8, 4) is 0 Å². The summed E-state index contributed by atoms with van der Waals surface area (Å²) in [6, 6.07) is 7.91. The van der Waals surface area contributed by atoms with E-state index in [-0.39, 0.29) is 36.4 Å². The van der Waals surface area contributed by atoms with Gasteiger partial charge in [0.25, 0.3) is 0 Å². The van der Waals surface area contributed by atoms with Crippen LogP contribution in [0, 0.1) is 5.92 Å². The Morgan fingerprint density at radius 2 is 2.03 bits per heavy atom. The van der Waals surface area contributed by atoms with E-state index in [0.29, 0.717) is 19.3 Å². The van der Waals surface area contributed by atoms with Crippen LogP contribution in [0.15, 0.2) is 36.4 Å². The highest BCUT2D eigenvalue weighted by Gasteiger charge is 2.41. The van der Waals surface area contributed by atoms with Crippen LogP contribution in [0.5, 0.6) is 0 Å². The molecule has 0 heterocycles. The van der Waals surface area contributed by atoms with Gasteiger partial charge >= 0.3 is 5.97 Å². The fraction of sp³-hybridized carbons (Fsp3) is 0.625. The largest absolute Gasteiger partial charge is 0.463 e. The first kappa shape index (κ1) is 24.9. The molecule has 5 nitrogen and oxygen atoms in total. The molecule has 1 fully saturated rings. The van der Waals surface area contributed by atoms with Gasteiger partial charge in [-0.3, -0.25) is 4.79 Å². The van der Waals surface area contributed by atoms with Crippen LogP contribution in [0.4, 0.5) is 0 Å². The van der Waals surface area contributed by atoms with E-state index in [0.717, 1.165) is 36.8 Å². The van der Waals surface area contributed by atoms with E-state index in [1.165, 1.54) is 0 Å². The predicted molar refractivity (Wildman–Crippen MR) is 118 cm³/mol. The van der Waals surface area contributed by atoms with Crippen molar-refractivity contribution in [2.75, 3.05) is 13.2 Å². The van der Waals surface area contributed by atoms with Gasteiger partial charge in [0, 0.05) is 17.7 Å². The van der Waals surface area contributed by atoms with Crippen LogP contribution in [0.2, 0.25) is 0 Å². The Kier molecular flexibility index (Phi) is 10.9. The maximum atomic E-state index is 11.4. The van der Waals surface area contributed by atoms with Gasteiger partial charge in [-0.2, -0.15) is 0 Å². The minimum atomic E-state index is -0.474. The van der Waals surface area contributed by atoms with Gasteiger partial charge in [0.05, 0.1) is 18.8 Å². The molecule has 1 aromatic rings. The zero-order chi connectivity index (χ0) is 21.9. The third-order valence-electron chi connectivity index (χ3n) is 5.76. The van der Waals surface area contributed by atoms with E-state index >= 15 is 0 Å². The van der Waals surface area contributed by atoms with Crippen LogP contribution < -0.4 is 0 Å². The van der Waals surface area contributed by atoms with Crippen LogP contribution in [0.3, 0.4) is 0 Å². The number of hydrogen-bond acceptors (Lipinski definition) is 5. The summed E-state index contributed by atoms with van der Waals surface area (Å²) in [5, 5.41) is 29.3. The lowest BCUT2D eigenvalue weighted by atomic mass is 9.84. The average Bonchev–Trinajstić information content (AvgIpc) is 3.02. The second-order valence-electron chi connectivity index (χ2n) is 8.02. The molecule has 1 aliphatic carbocycles. The number of aliphatic hydroxyl groups excluding tert-OH is 3. The third kappa shape index (κ3) is 7.38. The van der Waals surface area contributed by atoms with Crippen molar-refractivity contribution < 1.29 is 24.9 Å². The first-order valence-corrected chi connectivity index (χ1v) is 11.4. The van der Waals surface area contributed by atoms with Crippen molar-refractivity contribution in [2.45, 2.75) is 75.4 Å². The highest BCUT2D eigenvalue weighted by Crippen LogP contribution is 2.45. The highest BCUT2D eigenvalue weighted by atomic mass is 35.5. The number of allylic oxidation sites excluding steroid dienone is 2. The fourth-order valence-electron chi connectivity index (χ4n) is 4.17. The molecule has 0 spiro atoms. The monoisotopic (exact) mass is 438 g/mol. The molecule has 0 bridgehead atoms. The number of rotatable bonds is 12. The Hall–Kier alpha value is -1.40. The summed E-state index contributed by atoms with van der Waals surface area (Å²) < 4.78 is 4.83. The van der Waals surface area contributed by atoms with Crippen LogP contribution in [0.25, 0.3) is 0 Å². The molecule has 3 N–H and O–H groups in total. The predicted octanol–water partition coefficient (Wildman–Crippen LogP) is 4.24. The molecule has 168 valence electrons. The number of ether oxygens (including phenoxy) is 1. The third-order valence-corrected chi connectivity index (χ3v) is 6.26. The molecule has 1 saturated carbocycles. The molecule has 0 saturated heterocycles. The zero-order valence-electron chi connectivity index (χ0n) is 17.8. The van der Waals surface area contributed by atoms with Crippen molar-refractivity contribution in [2.24, 2.45) is 5.92 Å². The number of unbranched alkanes of at least 4 members (excludes halogenated alkanes) is 1. The Morgan fingerprint density at radius 1 is 1.30 bits per heavy atom. The number of hydrogen-bond donors (Lipinski definition) is 3. The van der Waals surface area contributed by atoms with Crippen LogP contribution in [0.1, 0.15) is 75.0 Å². The van der Waals surface area contributed by atoms with Crippen molar-refractivity contribution in [3.63, 3.8) is 0 Å². The molecule has 0 aliphatic heterocycles. The first-order chi connectivity index (χ1) is 14.5. The molecule has 0 amide bonds.